The third-order valence-corrected chi connectivity index (χ3v) is 5.03. The van der Waals surface area contributed by atoms with E-state index in [1.54, 1.807) is 0 Å². The van der Waals surface area contributed by atoms with Gasteiger partial charge in [-0.25, -0.2) is 21.9 Å². The Morgan fingerprint density at radius 3 is 2.60 bits per heavy atom. The average Bonchev–Trinajstić information content (AvgIpc) is 2.63. The van der Waals surface area contributed by atoms with Crippen molar-refractivity contribution in [2.45, 2.75) is 57.4 Å². The first-order chi connectivity index (χ1) is 9.18. The van der Waals surface area contributed by atoms with Crippen molar-refractivity contribution in [1.29, 1.82) is 0 Å². The number of carboxylic acids is 1. The van der Waals surface area contributed by atoms with Crippen LogP contribution in [0.15, 0.2) is 0 Å². The molecule has 2 N–H and O–H groups in total. The summed E-state index contributed by atoms with van der Waals surface area (Å²) in [6, 6.07) is -1.24. The highest BCUT2D eigenvalue weighted by Crippen LogP contribution is 2.40. The summed E-state index contributed by atoms with van der Waals surface area (Å²) in [7, 11) is -4.02. The second kappa shape index (κ2) is 6.80. The van der Waals surface area contributed by atoms with Gasteiger partial charge in [-0.1, -0.05) is 19.8 Å². The minimum absolute atomic E-state index is 0.153. The topological polar surface area (TPSA) is 83.5 Å². The lowest BCUT2D eigenvalue weighted by Gasteiger charge is -2.20. The molecule has 1 aliphatic rings. The van der Waals surface area contributed by atoms with E-state index in [1.165, 1.54) is 0 Å². The molecule has 0 spiro atoms. The molecule has 0 aromatic rings. The van der Waals surface area contributed by atoms with Gasteiger partial charge in [-0.15, -0.1) is 0 Å². The van der Waals surface area contributed by atoms with E-state index in [2.05, 4.69) is 0 Å². The lowest BCUT2D eigenvalue weighted by Crippen LogP contribution is -2.44. The van der Waals surface area contributed by atoms with Gasteiger partial charge in [-0.2, -0.15) is 0 Å². The number of unbranched alkanes of at least 4 members (excludes halogenated alkanes) is 1. The summed E-state index contributed by atoms with van der Waals surface area (Å²) in [5.41, 5.74) is 0. The zero-order chi connectivity index (χ0) is 15.4. The number of aliphatic carboxylic acids is 1. The van der Waals surface area contributed by atoms with E-state index < -0.39 is 39.6 Å². The van der Waals surface area contributed by atoms with E-state index in [0.29, 0.717) is 12.8 Å². The molecular formula is C12H21F2NO4S. The normalized spacial score (nSPS) is 23.6. The maximum atomic E-state index is 13.4. The Bertz CT molecular complexity index is 439. The molecule has 1 saturated carbocycles. The van der Waals surface area contributed by atoms with E-state index in [9.17, 15) is 22.0 Å². The molecule has 1 fully saturated rings. The van der Waals surface area contributed by atoms with E-state index in [-0.39, 0.29) is 19.3 Å². The Kier molecular flexibility index (Phi) is 5.88. The molecular weight excluding hydrogens is 292 g/mol. The number of halogens is 2. The highest BCUT2D eigenvalue weighted by atomic mass is 32.2. The van der Waals surface area contributed by atoms with Gasteiger partial charge in [-0.3, -0.25) is 4.79 Å². The highest BCUT2D eigenvalue weighted by molar-refractivity contribution is 7.89. The van der Waals surface area contributed by atoms with E-state index in [4.69, 9.17) is 5.11 Å². The van der Waals surface area contributed by atoms with Gasteiger partial charge >= 0.3 is 5.97 Å². The minimum atomic E-state index is -4.02. The van der Waals surface area contributed by atoms with Crippen LogP contribution in [0.2, 0.25) is 0 Å². The van der Waals surface area contributed by atoms with Crippen molar-refractivity contribution in [1.82, 2.24) is 4.72 Å². The Labute approximate surface area is 117 Å². The standard InChI is InChI=1S/C12H21F2NO4S/c1-2-3-6-10(11(16)17)15-20(18,19)8-9-5-4-7-12(9,13)14/h9-10,15H,2-8H2,1H3,(H,16,17)/t9?,10-/m0/s1. The summed E-state index contributed by atoms with van der Waals surface area (Å²) in [5, 5.41) is 8.95. The van der Waals surface area contributed by atoms with Gasteiger partial charge in [-0.05, 0) is 19.3 Å². The molecule has 1 rings (SSSR count). The lowest BCUT2D eigenvalue weighted by molar-refractivity contribution is -0.139. The van der Waals surface area contributed by atoms with Crippen molar-refractivity contribution in [2.75, 3.05) is 5.75 Å². The smallest absolute Gasteiger partial charge is 0.321 e. The molecule has 20 heavy (non-hydrogen) atoms. The van der Waals surface area contributed by atoms with Crippen molar-refractivity contribution in [3.05, 3.63) is 0 Å². The summed E-state index contributed by atoms with van der Waals surface area (Å²) in [5.74, 6) is -6.19. The average molecular weight is 313 g/mol. The summed E-state index contributed by atoms with van der Waals surface area (Å²) < 4.78 is 52.6. The monoisotopic (exact) mass is 313 g/mol. The lowest BCUT2D eigenvalue weighted by atomic mass is 10.1. The van der Waals surface area contributed by atoms with E-state index >= 15 is 0 Å². The first-order valence-electron chi connectivity index (χ1n) is 6.78. The maximum absolute atomic E-state index is 13.4. The second-order valence-corrected chi connectivity index (χ2v) is 7.08. The van der Waals surface area contributed by atoms with Gasteiger partial charge in [0.1, 0.15) is 6.04 Å². The number of nitrogens with one attached hydrogen (secondary N) is 1. The van der Waals surface area contributed by atoms with Crippen LogP contribution < -0.4 is 4.72 Å². The van der Waals surface area contributed by atoms with Gasteiger partial charge in [0.2, 0.25) is 10.0 Å². The fraction of sp³-hybridized carbons (Fsp3) is 0.917. The number of rotatable bonds is 8. The largest absolute Gasteiger partial charge is 0.480 e. The molecule has 0 radical (unpaired) electrons. The number of hydrogen-bond acceptors (Lipinski definition) is 3. The van der Waals surface area contributed by atoms with Gasteiger partial charge in [0.05, 0.1) is 5.75 Å². The van der Waals surface area contributed by atoms with Crippen LogP contribution in [0.25, 0.3) is 0 Å². The first-order valence-corrected chi connectivity index (χ1v) is 8.44. The molecule has 0 aromatic heterocycles. The van der Waals surface area contributed by atoms with Crippen LogP contribution in [0.4, 0.5) is 8.78 Å². The quantitative estimate of drug-likeness (QED) is 0.718. The molecule has 0 aromatic carbocycles. The van der Waals surface area contributed by atoms with Crippen molar-refractivity contribution in [2.24, 2.45) is 5.92 Å². The Hall–Kier alpha value is -0.760. The van der Waals surface area contributed by atoms with Gasteiger partial charge in [0, 0.05) is 12.3 Å². The minimum Gasteiger partial charge on any atom is -0.480 e. The van der Waals surface area contributed by atoms with Crippen LogP contribution in [0.5, 0.6) is 0 Å². The summed E-state index contributed by atoms with van der Waals surface area (Å²) in [4.78, 5) is 11.0. The molecule has 8 heteroatoms. The number of alkyl halides is 2. The number of hydrogen-bond donors (Lipinski definition) is 2. The number of carbonyl (C=O) groups is 1. The maximum Gasteiger partial charge on any atom is 0.321 e. The molecule has 2 atom stereocenters. The Morgan fingerprint density at radius 2 is 2.15 bits per heavy atom. The SMILES string of the molecule is CCCC[C@H](NS(=O)(=O)CC1CCCC1(F)F)C(=O)O. The number of carboxylic acid groups (broad SMARTS) is 1. The predicted octanol–water partition coefficient (Wildman–Crippen LogP) is 1.98. The molecule has 0 aliphatic heterocycles. The third-order valence-electron chi connectivity index (χ3n) is 3.55. The molecule has 1 aliphatic carbocycles. The second-order valence-electron chi connectivity index (χ2n) is 5.28. The van der Waals surface area contributed by atoms with Crippen LogP contribution in [-0.2, 0) is 14.8 Å². The fourth-order valence-electron chi connectivity index (χ4n) is 2.38. The van der Waals surface area contributed by atoms with Crippen LogP contribution in [0.3, 0.4) is 0 Å². The Balaban J connectivity index is 2.65. The zero-order valence-electron chi connectivity index (χ0n) is 11.4. The molecule has 0 amide bonds. The summed E-state index contributed by atoms with van der Waals surface area (Å²) in [6.07, 6.45) is 1.59. The molecule has 0 bridgehead atoms. The molecule has 0 heterocycles. The fourth-order valence-corrected chi connectivity index (χ4v) is 4.06. The van der Waals surface area contributed by atoms with Gasteiger partial charge in [0.25, 0.3) is 5.92 Å². The zero-order valence-corrected chi connectivity index (χ0v) is 12.3. The molecule has 118 valence electrons. The molecule has 1 unspecified atom stereocenters. The molecule has 0 saturated heterocycles. The van der Waals surface area contributed by atoms with Gasteiger partial charge < -0.3 is 5.11 Å². The first kappa shape index (κ1) is 17.3. The highest BCUT2D eigenvalue weighted by Gasteiger charge is 2.46. The molecule has 5 nitrogen and oxygen atoms in total. The van der Waals surface area contributed by atoms with Crippen LogP contribution >= 0.6 is 0 Å². The predicted molar refractivity (Wildman–Crippen MR) is 70.2 cm³/mol. The van der Waals surface area contributed by atoms with Crippen LogP contribution in [-0.4, -0.2) is 37.2 Å². The van der Waals surface area contributed by atoms with E-state index in [1.807, 2.05) is 11.6 Å². The Morgan fingerprint density at radius 1 is 1.50 bits per heavy atom. The third kappa shape index (κ3) is 4.97. The van der Waals surface area contributed by atoms with Crippen molar-refractivity contribution in [3.63, 3.8) is 0 Å². The number of sulfonamides is 1. The van der Waals surface area contributed by atoms with Crippen molar-refractivity contribution >= 4 is 16.0 Å². The van der Waals surface area contributed by atoms with Crippen molar-refractivity contribution < 1.29 is 27.1 Å². The summed E-state index contributed by atoms with van der Waals surface area (Å²) >= 11 is 0. The van der Waals surface area contributed by atoms with Crippen LogP contribution in [0.1, 0.15) is 45.4 Å². The van der Waals surface area contributed by atoms with Crippen LogP contribution in [0, 0.1) is 5.92 Å². The summed E-state index contributed by atoms with van der Waals surface area (Å²) in [6.45, 7) is 1.85. The van der Waals surface area contributed by atoms with E-state index in [0.717, 1.165) is 6.42 Å². The van der Waals surface area contributed by atoms with Gasteiger partial charge in [0.15, 0.2) is 0 Å². The van der Waals surface area contributed by atoms with Crippen molar-refractivity contribution in [3.8, 4) is 0 Å².